The maximum absolute atomic E-state index is 12.9. The molecule has 404 valence electrons. The minimum absolute atomic E-state index is 0.00432. The number of hydrogen-bond donors (Lipinski definition) is 2. The zero-order valence-corrected chi connectivity index (χ0v) is 47.0. The fourth-order valence-corrected chi connectivity index (χ4v) is 9.72. The van der Waals surface area contributed by atoms with E-state index in [4.69, 9.17) is 9.05 Å². The van der Waals surface area contributed by atoms with Gasteiger partial charge in [0.1, 0.15) is 13.2 Å². The van der Waals surface area contributed by atoms with Gasteiger partial charge in [-0.05, 0) is 32.1 Å². The second-order valence-electron chi connectivity index (χ2n) is 21.7. The molecule has 0 aliphatic heterocycles. The number of likely N-dealkylation sites (N-methyl/N-ethyl adjacent to an activating group) is 1. The van der Waals surface area contributed by atoms with Gasteiger partial charge in [0.25, 0.3) is 7.82 Å². The summed E-state index contributed by atoms with van der Waals surface area (Å²) in [4.78, 5) is 25.4. The molecule has 0 radical (unpaired) electrons. The van der Waals surface area contributed by atoms with E-state index < -0.39 is 20.0 Å². The average molecular weight is 982 g/mol. The molecule has 3 atom stereocenters. The zero-order valence-electron chi connectivity index (χ0n) is 46.1. The number of hydrogen-bond acceptors (Lipinski definition) is 6. The van der Waals surface area contributed by atoms with Gasteiger partial charge in [0.05, 0.1) is 39.9 Å². The largest absolute Gasteiger partial charge is 0.756 e. The van der Waals surface area contributed by atoms with E-state index in [0.29, 0.717) is 17.4 Å². The molecule has 0 bridgehead atoms. The van der Waals surface area contributed by atoms with Crippen molar-refractivity contribution in [3.63, 3.8) is 0 Å². The molecule has 0 aliphatic rings. The first-order valence-electron chi connectivity index (χ1n) is 29.7. The van der Waals surface area contributed by atoms with Crippen LogP contribution in [-0.2, 0) is 18.4 Å². The molecule has 0 aromatic rings. The predicted molar refractivity (Wildman–Crippen MR) is 293 cm³/mol. The van der Waals surface area contributed by atoms with E-state index in [1.165, 1.54) is 238 Å². The fourth-order valence-electron chi connectivity index (χ4n) is 9.00. The molecule has 0 aromatic heterocycles. The lowest BCUT2D eigenvalue weighted by molar-refractivity contribution is -0.870. The lowest BCUT2D eigenvalue weighted by Gasteiger charge is -2.29. The molecule has 0 heterocycles. The minimum atomic E-state index is -4.59. The number of carbonyl (C=O) groups excluding carboxylic acids is 1. The Morgan fingerprint density at radius 2 is 0.824 bits per heavy atom. The van der Waals surface area contributed by atoms with Gasteiger partial charge in [-0.2, -0.15) is 0 Å². The van der Waals surface area contributed by atoms with Crippen molar-refractivity contribution < 1.29 is 32.9 Å². The standard InChI is InChI=1S/C59H117N2O6P/c1-6-8-10-12-14-16-18-19-20-21-22-23-24-25-26-27-28-29-30-31-32-33-34-35-36-37-38-39-40-41-42-43-45-47-49-51-53-59(63)60-57(56-67-68(64,65)66-55-54-61(3,4)5)58(62)52-50-48-46-44-17-15-13-11-9-7-2/h17,44,50,52,57-58,62H,6-16,18-43,45-49,51,53-56H2,1-5H3,(H-,60,63,64,65)/b44-17+,52-50+. The van der Waals surface area contributed by atoms with Crippen LogP contribution in [0.15, 0.2) is 24.3 Å². The topological polar surface area (TPSA) is 108 Å². The van der Waals surface area contributed by atoms with E-state index in [0.717, 1.165) is 38.5 Å². The third kappa shape index (κ3) is 52.8. The number of phosphoric ester groups is 1. The quantitative estimate of drug-likeness (QED) is 0.0272. The van der Waals surface area contributed by atoms with Gasteiger partial charge in [-0.25, -0.2) is 0 Å². The predicted octanol–water partition coefficient (Wildman–Crippen LogP) is 17.4. The summed E-state index contributed by atoms with van der Waals surface area (Å²) < 4.78 is 23.2. The SMILES string of the molecule is CCCCCC/C=C/CC/C=C/C(O)C(COP(=O)([O-])OCC[N+](C)(C)C)NC(=O)CCCCCCCCCCCCCCCCCCCCCCCCCCCCCCCCCCCCCC. The van der Waals surface area contributed by atoms with E-state index in [1.807, 2.05) is 27.2 Å². The monoisotopic (exact) mass is 981 g/mol. The van der Waals surface area contributed by atoms with E-state index in [1.54, 1.807) is 6.08 Å². The molecule has 68 heavy (non-hydrogen) atoms. The van der Waals surface area contributed by atoms with Gasteiger partial charge in [-0.15, -0.1) is 0 Å². The molecule has 0 saturated heterocycles. The molecule has 8 nitrogen and oxygen atoms in total. The summed E-state index contributed by atoms with van der Waals surface area (Å²) in [5.41, 5.74) is 0. The molecule has 0 aromatic carbocycles. The number of phosphoric acid groups is 1. The molecule has 0 saturated carbocycles. The summed E-state index contributed by atoms with van der Waals surface area (Å²) in [5.74, 6) is -0.204. The summed E-state index contributed by atoms with van der Waals surface area (Å²) in [6.45, 7) is 4.62. The van der Waals surface area contributed by atoms with Gasteiger partial charge in [-0.3, -0.25) is 9.36 Å². The number of nitrogens with one attached hydrogen (secondary N) is 1. The molecule has 0 fully saturated rings. The Morgan fingerprint density at radius 1 is 0.500 bits per heavy atom. The summed E-state index contributed by atoms with van der Waals surface area (Å²) in [5, 5.41) is 13.8. The van der Waals surface area contributed by atoms with Crippen LogP contribution >= 0.6 is 7.82 Å². The first-order chi connectivity index (χ1) is 33.0. The van der Waals surface area contributed by atoms with Gasteiger partial charge in [0, 0.05) is 6.42 Å². The Balaban J connectivity index is 3.84. The Bertz CT molecular complexity index is 1160. The van der Waals surface area contributed by atoms with Crippen molar-refractivity contribution in [2.75, 3.05) is 40.9 Å². The maximum atomic E-state index is 12.9. The number of allylic oxidation sites excluding steroid dienone is 3. The second kappa shape index (κ2) is 50.9. The molecule has 2 N–H and O–H groups in total. The second-order valence-corrected chi connectivity index (χ2v) is 23.1. The first kappa shape index (κ1) is 67.0. The number of nitrogens with zero attached hydrogens (tertiary/aromatic N) is 1. The van der Waals surface area contributed by atoms with Gasteiger partial charge in [0.2, 0.25) is 5.91 Å². The Morgan fingerprint density at radius 3 is 1.19 bits per heavy atom. The lowest BCUT2D eigenvalue weighted by Crippen LogP contribution is -2.45. The summed E-state index contributed by atoms with van der Waals surface area (Å²) >= 11 is 0. The number of unbranched alkanes of at least 4 members (excludes halogenated alkanes) is 40. The highest BCUT2D eigenvalue weighted by molar-refractivity contribution is 7.45. The third-order valence-corrected chi connectivity index (χ3v) is 14.6. The Hall–Kier alpha value is -1.02. The van der Waals surface area contributed by atoms with Gasteiger partial charge < -0.3 is 28.8 Å². The third-order valence-electron chi connectivity index (χ3n) is 13.7. The molecule has 1 amide bonds. The fraction of sp³-hybridized carbons (Fsp3) is 0.915. The number of aliphatic hydroxyl groups excluding tert-OH is 1. The van der Waals surface area contributed by atoms with E-state index in [9.17, 15) is 19.4 Å². The Labute approximate surface area is 424 Å². The van der Waals surface area contributed by atoms with Crippen LogP contribution in [0.5, 0.6) is 0 Å². The molecule has 9 heteroatoms. The molecular weight excluding hydrogens is 864 g/mol. The number of carbonyl (C=O) groups is 1. The number of quaternary nitrogens is 1. The summed E-state index contributed by atoms with van der Waals surface area (Å²) in [6.07, 6.45) is 64.5. The highest BCUT2D eigenvalue weighted by atomic mass is 31.2. The van der Waals surface area contributed by atoms with Crippen LogP contribution in [0, 0.1) is 0 Å². The molecule has 3 unspecified atom stereocenters. The zero-order chi connectivity index (χ0) is 49.9. The molecular formula is C59H117N2O6P. The van der Waals surface area contributed by atoms with Crippen molar-refractivity contribution in [1.82, 2.24) is 5.32 Å². The lowest BCUT2D eigenvalue weighted by atomic mass is 10.0. The average Bonchev–Trinajstić information content (AvgIpc) is 3.30. The van der Waals surface area contributed by atoms with Crippen LogP contribution in [0.4, 0.5) is 0 Å². The van der Waals surface area contributed by atoms with E-state index in [-0.39, 0.29) is 19.1 Å². The van der Waals surface area contributed by atoms with Crippen LogP contribution in [-0.4, -0.2) is 68.5 Å². The van der Waals surface area contributed by atoms with Crippen molar-refractivity contribution in [3.05, 3.63) is 24.3 Å². The van der Waals surface area contributed by atoms with Crippen LogP contribution in [0.1, 0.15) is 296 Å². The number of aliphatic hydroxyl groups is 1. The van der Waals surface area contributed by atoms with Gasteiger partial charge >= 0.3 is 0 Å². The normalized spacial score (nSPS) is 14.0. The van der Waals surface area contributed by atoms with Crippen molar-refractivity contribution >= 4 is 13.7 Å². The highest BCUT2D eigenvalue weighted by Crippen LogP contribution is 2.38. The Kier molecular flexibility index (Phi) is 50.1. The minimum Gasteiger partial charge on any atom is -0.756 e. The van der Waals surface area contributed by atoms with E-state index in [2.05, 4.69) is 31.3 Å². The van der Waals surface area contributed by atoms with Gasteiger partial charge in [-0.1, -0.05) is 282 Å². The number of amides is 1. The van der Waals surface area contributed by atoms with Gasteiger partial charge in [0.15, 0.2) is 0 Å². The summed E-state index contributed by atoms with van der Waals surface area (Å²) in [7, 11) is 1.25. The highest BCUT2D eigenvalue weighted by Gasteiger charge is 2.23. The van der Waals surface area contributed by atoms with Crippen LogP contribution in [0.3, 0.4) is 0 Å². The smallest absolute Gasteiger partial charge is 0.268 e. The molecule has 0 rings (SSSR count). The van der Waals surface area contributed by atoms with Crippen LogP contribution in [0.25, 0.3) is 0 Å². The van der Waals surface area contributed by atoms with E-state index >= 15 is 0 Å². The number of rotatable bonds is 55. The van der Waals surface area contributed by atoms with Crippen molar-refractivity contribution in [3.8, 4) is 0 Å². The van der Waals surface area contributed by atoms with Crippen LogP contribution in [0.2, 0.25) is 0 Å². The van der Waals surface area contributed by atoms with Crippen LogP contribution < -0.4 is 10.2 Å². The molecule has 0 spiro atoms. The van der Waals surface area contributed by atoms with Crippen molar-refractivity contribution in [2.45, 2.75) is 309 Å². The maximum Gasteiger partial charge on any atom is 0.268 e. The van der Waals surface area contributed by atoms with Crippen molar-refractivity contribution in [1.29, 1.82) is 0 Å². The molecule has 0 aliphatic carbocycles. The summed E-state index contributed by atoms with van der Waals surface area (Å²) in [6, 6.07) is -0.898. The first-order valence-corrected chi connectivity index (χ1v) is 31.2. The van der Waals surface area contributed by atoms with Crippen molar-refractivity contribution in [2.24, 2.45) is 0 Å².